The number of carbonyl (C=O) groups is 2. The van der Waals surface area contributed by atoms with E-state index >= 15 is 0 Å². The maximum atomic E-state index is 12.0. The van der Waals surface area contributed by atoms with E-state index in [1.54, 1.807) is 0 Å². The zero-order valence-electron chi connectivity index (χ0n) is 14.5. The number of aryl methyl sites for hydroxylation is 1. The first-order chi connectivity index (χ1) is 11.4. The van der Waals surface area contributed by atoms with Crippen LogP contribution in [0.25, 0.3) is 0 Å². The molecule has 1 aromatic rings. The molecule has 2 rings (SSSR count). The molecule has 5 heteroatoms. The first-order valence-corrected chi connectivity index (χ1v) is 8.72. The number of benzene rings is 1. The number of aliphatic hydroxyl groups is 1. The predicted molar refractivity (Wildman–Crippen MR) is 91.4 cm³/mol. The fourth-order valence-electron chi connectivity index (χ4n) is 3.01. The average molecular weight is 333 g/mol. The quantitative estimate of drug-likeness (QED) is 0.785. The Bertz CT molecular complexity index is 561. The van der Waals surface area contributed by atoms with E-state index in [0.717, 1.165) is 31.2 Å². The van der Waals surface area contributed by atoms with Crippen molar-refractivity contribution in [3.05, 3.63) is 35.4 Å². The number of hydrogen-bond donors (Lipinski definition) is 2. The summed E-state index contributed by atoms with van der Waals surface area (Å²) in [6.07, 6.45) is 4.43. The Morgan fingerprint density at radius 1 is 1.21 bits per heavy atom. The van der Waals surface area contributed by atoms with Crippen molar-refractivity contribution < 1.29 is 19.4 Å². The molecule has 0 saturated heterocycles. The van der Waals surface area contributed by atoms with Crippen LogP contribution in [0.1, 0.15) is 63.1 Å². The minimum absolute atomic E-state index is 0.167. The van der Waals surface area contributed by atoms with Gasteiger partial charge in [-0.2, -0.15) is 0 Å². The Morgan fingerprint density at radius 3 is 2.42 bits per heavy atom. The van der Waals surface area contributed by atoms with E-state index in [1.807, 2.05) is 31.2 Å². The Morgan fingerprint density at radius 2 is 1.83 bits per heavy atom. The molecule has 0 bridgehead atoms. The number of rotatable bonds is 6. The van der Waals surface area contributed by atoms with E-state index in [2.05, 4.69) is 12.2 Å². The Kier molecular flexibility index (Phi) is 6.37. The van der Waals surface area contributed by atoms with E-state index in [0.29, 0.717) is 12.8 Å². The number of esters is 1. The second kappa shape index (κ2) is 8.29. The highest BCUT2D eigenvalue weighted by Gasteiger charge is 2.38. The van der Waals surface area contributed by atoms with Crippen LogP contribution in [0.2, 0.25) is 0 Å². The van der Waals surface area contributed by atoms with E-state index < -0.39 is 11.6 Å². The highest BCUT2D eigenvalue weighted by Crippen LogP contribution is 2.29. The molecule has 5 nitrogen and oxygen atoms in total. The molecule has 1 aliphatic rings. The number of amides is 1. The second-order valence-electron chi connectivity index (χ2n) is 6.55. The zero-order chi connectivity index (χ0) is 17.6. The van der Waals surface area contributed by atoms with Crippen LogP contribution in [0, 0.1) is 0 Å². The number of hydrogen-bond acceptors (Lipinski definition) is 4. The summed E-state index contributed by atoms with van der Waals surface area (Å²) in [6.45, 7) is 3.61. The van der Waals surface area contributed by atoms with Gasteiger partial charge >= 0.3 is 5.97 Å². The lowest BCUT2D eigenvalue weighted by Gasteiger charge is -2.29. The Hall–Kier alpha value is -1.88. The van der Waals surface area contributed by atoms with Gasteiger partial charge in [0.2, 0.25) is 0 Å². The SMILES string of the molecule is CCc1ccc(C(C)NC(=O)COC(=O)C2(O)CCCCC2)cc1. The van der Waals surface area contributed by atoms with Gasteiger partial charge in [0.05, 0.1) is 6.04 Å². The molecular weight excluding hydrogens is 306 g/mol. The lowest BCUT2D eigenvalue weighted by atomic mass is 9.85. The van der Waals surface area contributed by atoms with Gasteiger partial charge in [0, 0.05) is 0 Å². The van der Waals surface area contributed by atoms with Gasteiger partial charge in [-0.25, -0.2) is 4.79 Å². The van der Waals surface area contributed by atoms with Crippen molar-refractivity contribution in [2.45, 2.75) is 64.0 Å². The summed E-state index contributed by atoms with van der Waals surface area (Å²) in [4.78, 5) is 24.0. The largest absolute Gasteiger partial charge is 0.453 e. The van der Waals surface area contributed by atoms with Crippen molar-refractivity contribution in [1.29, 1.82) is 0 Å². The molecule has 0 aromatic heterocycles. The number of ether oxygens (including phenoxy) is 1. The minimum Gasteiger partial charge on any atom is -0.453 e. The molecule has 0 spiro atoms. The van der Waals surface area contributed by atoms with Crippen LogP contribution < -0.4 is 5.32 Å². The summed E-state index contributed by atoms with van der Waals surface area (Å²) in [5.74, 6) is -1.05. The van der Waals surface area contributed by atoms with E-state index in [4.69, 9.17) is 4.74 Å². The Balaban J connectivity index is 1.80. The molecule has 24 heavy (non-hydrogen) atoms. The smallest absolute Gasteiger partial charge is 0.338 e. The molecule has 0 aliphatic heterocycles. The maximum absolute atomic E-state index is 12.0. The van der Waals surface area contributed by atoms with E-state index in [-0.39, 0.29) is 18.6 Å². The zero-order valence-corrected chi connectivity index (χ0v) is 14.5. The van der Waals surface area contributed by atoms with Gasteiger partial charge in [0.15, 0.2) is 12.2 Å². The maximum Gasteiger partial charge on any atom is 0.338 e. The Labute approximate surface area is 143 Å². The summed E-state index contributed by atoms with van der Waals surface area (Å²) in [7, 11) is 0. The fourth-order valence-corrected chi connectivity index (χ4v) is 3.01. The predicted octanol–water partition coefficient (Wildman–Crippen LogP) is 2.66. The van der Waals surface area contributed by atoms with Gasteiger partial charge in [-0.1, -0.05) is 37.6 Å². The summed E-state index contributed by atoms with van der Waals surface area (Å²) in [6, 6.07) is 7.88. The van der Waals surface area contributed by atoms with Crippen molar-refractivity contribution in [2.75, 3.05) is 6.61 Å². The molecule has 1 aliphatic carbocycles. The molecule has 1 amide bonds. The monoisotopic (exact) mass is 333 g/mol. The third-order valence-electron chi connectivity index (χ3n) is 4.66. The van der Waals surface area contributed by atoms with Gasteiger partial charge in [-0.3, -0.25) is 4.79 Å². The lowest BCUT2D eigenvalue weighted by molar-refractivity contribution is -0.170. The molecule has 1 aromatic carbocycles. The van der Waals surface area contributed by atoms with E-state index in [1.165, 1.54) is 5.56 Å². The van der Waals surface area contributed by atoms with Crippen molar-refractivity contribution >= 4 is 11.9 Å². The van der Waals surface area contributed by atoms with Crippen LogP contribution in [0.5, 0.6) is 0 Å². The molecule has 0 heterocycles. The molecule has 1 fully saturated rings. The van der Waals surface area contributed by atoms with Gasteiger partial charge in [-0.15, -0.1) is 0 Å². The molecule has 132 valence electrons. The molecule has 0 radical (unpaired) electrons. The minimum atomic E-state index is -1.42. The molecule has 1 saturated carbocycles. The molecule has 2 N–H and O–H groups in total. The lowest BCUT2D eigenvalue weighted by Crippen LogP contribution is -2.43. The van der Waals surface area contributed by atoms with Crippen molar-refractivity contribution in [2.24, 2.45) is 0 Å². The summed E-state index contributed by atoms with van der Waals surface area (Å²) < 4.78 is 5.02. The third kappa shape index (κ3) is 4.81. The summed E-state index contributed by atoms with van der Waals surface area (Å²) in [5, 5.41) is 13.1. The summed E-state index contributed by atoms with van der Waals surface area (Å²) in [5.41, 5.74) is 0.824. The molecule has 1 atom stereocenters. The normalized spacial score (nSPS) is 17.8. The van der Waals surface area contributed by atoms with Crippen molar-refractivity contribution in [1.82, 2.24) is 5.32 Å². The van der Waals surface area contributed by atoms with Crippen LogP contribution in [0.15, 0.2) is 24.3 Å². The topological polar surface area (TPSA) is 75.6 Å². The van der Waals surface area contributed by atoms with Crippen LogP contribution >= 0.6 is 0 Å². The van der Waals surface area contributed by atoms with Gasteiger partial charge < -0.3 is 15.2 Å². The van der Waals surface area contributed by atoms with Crippen molar-refractivity contribution in [3.63, 3.8) is 0 Å². The highest BCUT2D eigenvalue weighted by atomic mass is 16.6. The number of nitrogens with one attached hydrogen (secondary N) is 1. The second-order valence-corrected chi connectivity index (χ2v) is 6.55. The summed E-state index contributed by atoms with van der Waals surface area (Å²) >= 11 is 0. The average Bonchev–Trinajstić information content (AvgIpc) is 2.60. The van der Waals surface area contributed by atoms with Gasteiger partial charge in [0.25, 0.3) is 5.91 Å². The number of carbonyl (C=O) groups excluding carboxylic acids is 2. The fraction of sp³-hybridized carbons (Fsp3) is 0.579. The van der Waals surface area contributed by atoms with Crippen LogP contribution in [0.3, 0.4) is 0 Å². The van der Waals surface area contributed by atoms with Crippen LogP contribution in [-0.2, 0) is 20.7 Å². The standard InChI is InChI=1S/C19H27NO4/c1-3-15-7-9-16(10-8-15)14(2)20-17(21)13-24-18(22)19(23)11-5-4-6-12-19/h7-10,14,23H,3-6,11-13H2,1-2H3,(H,20,21). The van der Waals surface area contributed by atoms with Crippen LogP contribution in [-0.4, -0.2) is 29.2 Å². The molecule has 1 unspecified atom stereocenters. The highest BCUT2D eigenvalue weighted by molar-refractivity contribution is 5.84. The first kappa shape index (κ1) is 18.5. The molecular formula is C19H27NO4. The van der Waals surface area contributed by atoms with Crippen molar-refractivity contribution in [3.8, 4) is 0 Å². The van der Waals surface area contributed by atoms with Gasteiger partial charge in [0.1, 0.15) is 0 Å². The van der Waals surface area contributed by atoms with Gasteiger partial charge in [-0.05, 0) is 50.2 Å². The first-order valence-electron chi connectivity index (χ1n) is 8.72. The third-order valence-corrected chi connectivity index (χ3v) is 4.66. The van der Waals surface area contributed by atoms with E-state index in [9.17, 15) is 14.7 Å². The van der Waals surface area contributed by atoms with Crippen LogP contribution in [0.4, 0.5) is 0 Å².